The minimum atomic E-state index is -0.958. The molecule has 0 radical (unpaired) electrons. The molecule has 5 nitrogen and oxygen atoms in total. The van der Waals surface area contributed by atoms with E-state index < -0.39 is 23.8 Å². The predicted octanol–water partition coefficient (Wildman–Crippen LogP) is 4.25. The summed E-state index contributed by atoms with van der Waals surface area (Å²) in [6, 6.07) is 10.2. The van der Waals surface area contributed by atoms with Gasteiger partial charge in [-0.1, -0.05) is 49.2 Å². The summed E-state index contributed by atoms with van der Waals surface area (Å²) in [7, 11) is 0. The van der Waals surface area contributed by atoms with Crippen LogP contribution in [0.3, 0.4) is 0 Å². The number of anilines is 1. The maximum Gasteiger partial charge on any atom is 0.262 e. The van der Waals surface area contributed by atoms with Crippen molar-refractivity contribution in [1.29, 1.82) is 0 Å². The lowest BCUT2D eigenvalue weighted by Gasteiger charge is -2.28. The second-order valence-electron chi connectivity index (χ2n) is 6.36. The molecule has 0 bridgehead atoms. The van der Waals surface area contributed by atoms with Crippen molar-refractivity contribution in [3.8, 4) is 0 Å². The van der Waals surface area contributed by atoms with Crippen LogP contribution in [0, 0.1) is 5.92 Å². The number of rotatable bonds is 4. The molecule has 1 N–H and O–H groups in total. The van der Waals surface area contributed by atoms with E-state index in [0.29, 0.717) is 26.9 Å². The number of fused-ring (bicyclic) bond motifs is 1. The molecule has 1 aliphatic heterocycles. The highest BCUT2D eigenvalue weighted by Gasteiger charge is 2.43. The topological polar surface area (TPSA) is 66.5 Å². The quantitative estimate of drug-likeness (QED) is 0.793. The zero-order chi connectivity index (χ0) is 19.0. The molecule has 0 saturated heterocycles. The molecule has 134 valence electrons. The highest BCUT2D eigenvalue weighted by molar-refractivity contribution is 6.35. The van der Waals surface area contributed by atoms with Gasteiger partial charge in [-0.25, -0.2) is 0 Å². The van der Waals surface area contributed by atoms with Crippen molar-refractivity contribution >= 4 is 46.6 Å². The maximum atomic E-state index is 12.9. The summed E-state index contributed by atoms with van der Waals surface area (Å²) < 4.78 is 0. The Balaban J connectivity index is 1.91. The molecule has 1 unspecified atom stereocenters. The Morgan fingerprint density at radius 3 is 1.92 bits per heavy atom. The van der Waals surface area contributed by atoms with Crippen LogP contribution in [0.15, 0.2) is 42.5 Å². The Morgan fingerprint density at radius 1 is 0.962 bits per heavy atom. The molecule has 3 rings (SSSR count). The van der Waals surface area contributed by atoms with E-state index in [4.69, 9.17) is 23.2 Å². The molecular formula is C19H16Cl2N2O3. The Hall–Kier alpha value is -2.37. The largest absolute Gasteiger partial charge is 0.324 e. The number of nitrogens with zero attached hydrogens (tertiary/aromatic N) is 1. The third-order valence-electron chi connectivity index (χ3n) is 4.13. The van der Waals surface area contributed by atoms with Crippen molar-refractivity contribution in [1.82, 2.24) is 4.90 Å². The molecule has 1 heterocycles. The van der Waals surface area contributed by atoms with Crippen LogP contribution in [0.2, 0.25) is 10.0 Å². The number of hydrogen-bond acceptors (Lipinski definition) is 3. The SMILES string of the molecule is CC(C)C(C(=O)Nc1cc(Cl)cc(Cl)c1)N1C(=O)c2ccccc2C1=O. The Kier molecular flexibility index (Phi) is 5.03. The van der Waals surface area contributed by atoms with Crippen LogP contribution in [-0.4, -0.2) is 28.7 Å². The van der Waals surface area contributed by atoms with Crippen LogP contribution in [0.4, 0.5) is 5.69 Å². The number of imide groups is 1. The molecule has 2 aromatic rings. The van der Waals surface area contributed by atoms with Gasteiger partial charge in [0.15, 0.2) is 0 Å². The standard InChI is InChI=1S/C19H16Cl2N2O3/c1-10(2)16(17(24)22-13-8-11(20)7-12(21)9-13)23-18(25)14-5-3-4-6-15(14)19(23)26/h3-10,16H,1-2H3,(H,22,24). The summed E-state index contributed by atoms with van der Waals surface area (Å²) in [5.74, 6) is -1.70. The first-order chi connectivity index (χ1) is 12.3. The first-order valence-electron chi connectivity index (χ1n) is 8.03. The summed E-state index contributed by atoms with van der Waals surface area (Å²) >= 11 is 11.9. The molecule has 1 aliphatic rings. The number of nitrogens with one attached hydrogen (secondary N) is 1. The first kappa shape index (κ1) is 18.4. The number of carbonyl (C=O) groups excluding carboxylic acids is 3. The normalized spacial score (nSPS) is 14.6. The number of benzene rings is 2. The van der Waals surface area contributed by atoms with Crippen LogP contribution in [0.25, 0.3) is 0 Å². The first-order valence-corrected chi connectivity index (χ1v) is 8.79. The molecule has 7 heteroatoms. The second-order valence-corrected chi connectivity index (χ2v) is 7.23. The van der Waals surface area contributed by atoms with E-state index in [1.807, 2.05) is 0 Å². The fourth-order valence-electron chi connectivity index (χ4n) is 3.02. The van der Waals surface area contributed by atoms with E-state index in [1.165, 1.54) is 0 Å². The zero-order valence-corrected chi connectivity index (χ0v) is 15.6. The van der Waals surface area contributed by atoms with Crippen molar-refractivity contribution in [3.63, 3.8) is 0 Å². The Labute approximate surface area is 160 Å². The van der Waals surface area contributed by atoms with Crippen molar-refractivity contribution in [2.24, 2.45) is 5.92 Å². The average molecular weight is 391 g/mol. The van der Waals surface area contributed by atoms with Gasteiger partial charge in [0.05, 0.1) is 11.1 Å². The molecule has 0 saturated carbocycles. The third kappa shape index (κ3) is 3.32. The zero-order valence-electron chi connectivity index (χ0n) is 14.1. The van der Waals surface area contributed by atoms with E-state index in [9.17, 15) is 14.4 Å². The van der Waals surface area contributed by atoms with Crippen LogP contribution in [0.5, 0.6) is 0 Å². The van der Waals surface area contributed by atoms with E-state index in [0.717, 1.165) is 4.90 Å². The number of hydrogen-bond donors (Lipinski definition) is 1. The van der Waals surface area contributed by atoms with Crippen LogP contribution >= 0.6 is 23.2 Å². The van der Waals surface area contributed by atoms with Crippen molar-refractivity contribution in [3.05, 3.63) is 63.6 Å². The van der Waals surface area contributed by atoms with Gasteiger partial charge in [-0.2, -0.15) is 0 Å². The average Bonchev–Trinajstić information content (AvgIpc) is 2.79. The fraction of sp³-hybridized carbons (Fsp3) is 0.211. The van der Waals surface area contributed by atoms with Crippen molar-refractivity contribution in [2.45, 2.75) is 19.9 Å². The lowest BCUT2D eigenvalue weighted by Crippen LogP contribution is -2.50. The third-order valence-corrected chi connectivity index (χ3v) is 4.57. The molecule has 3 amide bonds. The Morgan fingerprint density at radius 2 is 1.46 bits per heavy atom. The highest BCUT2D eigenvalue weighted by Crippen LogP contribution is 2.28. The van der Waals surface area contributed by atoms with E-state index >= 15 is 0 Å². The van der Waals surface area contributed by atoms with Crippen molar-refractivity contribution in [2.75, 3.05) is 5.32 Å². The van der Waals surface area contributed by atoms with Gasteiger partial charge in [-0.15, -0.1) is 0 Å². The number of halogens is 2. The molecular weight excluding hydrogens is 375 g/mol. The van der Waals surface area contributed by atoms with Crippen LogP contribution in [0.1, 0.15) is 34.6 Å². The molecule has 0 fully saturated rings. The smallest absolute Gasteiger partial charge is 0.262 e. The minimum absolute atomic E-state index is 0.285. The maximum absolute atomic E-state index is 12.9. The van der Waals surface area contributed by atoms with Gasteiger partial charge in [0.1, 0.15) is 6.04 Å². The fourth-order valence-corrected chi connectivity index (χ4v) is 3.55. The van der Waals surface area contributed by atoms with E-state index in [1.54, 1.807) is 56.3 Å². The minimum Gasteiger partial charge on any atom is -0.324 e. The predicted molar refractivity (Wildman–Crippen MR) is 101 cm³/mol. The van der Waals surface area contributed by atoms with Crippen LogP contribution in [-0.2, 0) is 4.79 Å². The van der Waals surface area contributed by atoms with Gasteiger partial charge in [-0.05, 0) is 36.2 Å². The molecule has 2 aromatic carbocycles. The molecule has 1 atom stereocenters. The summed E-state index contributed by atoms with van der Waals surface area (Å²) in [6.07, 6.45) is 0. The number of amides is 3. The number of carbonyl (C=O) groups is 3. The Bertz CT molecular complexity index is 856. The van der Waals surface area contributed by atoms with Gasteiger partial charge >= 0.3 is 0 Å². The van der Waals surface area contributed by atoms with Gasteiger partial charge in [-0.3, -0.25) is 19.3 Å². The molecule has 0 aliphatic carbocycles. The summed E-state index contributed by atoms with van der Waals surface area (Å²) in [5, 5.41) is 3.44. The van der Waals surface area contributed by atoms with E-state index in [-0.39, 0.29) is 5.92 Å². The lowest BCUT2D eigenvalue weighted by molar-refractivity contribution is -0.121. The van der Waals surface area contributed by atoms with Gasteiger partial charge < -0.3 is 5.32 Å². The van der Waals surface area contributed by atoms with Gasteiger partial charge in [0, 0.05) is 15.7 Å². The van der Waals surface area contributed by atoms with Crippen molar-refractivity contribution < 1.29 is 14.4 Å². The summed E-state index contributed by atoms with van der Waals surface area (Å²) in [4.78, 5) is 39.3. The molecule has 0 aromatic heterocycles. The van der Waals surface area contributed by atoms with E-state index in [2.05, 4.69) is 5.32 Å². The monoisotopic (exact) mass is 390 g/mol. The molecule has 0 spiro atoms. The van der Waals surface area contributed by atoms with Crippen LogP contribution < -0.4 is 5.32 Å². The highest BCUT2D eigenvalue weighted by atomic mass is 35.5. The second kappa shape index (κ2) is 7.09. The lowest BCUT2D eigenvalue weighted by atomic mass is 10.0. The molecule has 26 heavy (non-hydrogen) atoms. The summed E-state index contributed by atoms with van der Waals surface area (Å²) in [5.41, 5.74) is 1.01. The van der Waals surface area contributed by atoms with Gasteiger partial charge in [0.2, 0.25) is 5.91 Å². The summed E-state index contributed by atoms with van der Waals surface area (Å²) in [6.45, 7) is 3.55. The van der Waals surface area contributed by atoms with Gasteiger partial charge in [0.25, 0.3) is 11.8 Å².